The molecule has 1 aromatic carbocycles. The first-order chi connectivity index (χ1) is 8.62. The Balaban J connectivity index is 2.79. The zero-order chi connectivity index (χ0) is 13.5. The molecule has 0 aliphatic carbocycles. The van der Waals surface area contributed by atoms with Gasteiger partial charge >= 0.3 is 0 Å². The molecular formula is C13H15ClO4. The second-order valence-electron chi connectivity index (χ2n) is 3.65. The molecule has 0 atom stereocenters. The van der Waals surface area contributed by atoms with E-state index in [0.29, 0.717) is 17.1 Å². The first-order valence-electron chi connectivity index (χ1n) is 5.45. The summed E-state index contributed by atoms with van der Waals surface area (Å²) < 4.78 is 10.2. The van der Waals surface area contributed by atoms with E-state index in [4.69, 9.17) is 21.1 Å². The maximum absolute atomic E-state index is 11.6. The molecule has 0 N–H and O–H groups in total. The van der Waals surface area contributed by atoms with Crippen LogP contribution in [0.5, 0.6) is 11.5 Å². The Hall–Kier alpha value is -1.55. The zero-order valence-electron chi connectivity index (χ0n) is 10.4. The summed E-state index contributed by atoms with van der Waals surface area (Å²) in [4.78, 5) is 22.9. The second-order valence-corrected chi connectivity index (χ2v) is 4.03. The molecule has 0 amide bonds. The summed E-state index contributed by atoms with van der Waals surface area (Å²) in [5, 5.41) is 0. The SMILES string of the molecule is COc1ccc(CC(=O)C(=O)CCCl)cc1OC. The van der Waals surface area contributed by atoms with Crippen LogP contribution in [-0.2, 0) is 16.0 Å². The Bertz CT molecular complexity index is 443. The minimum atomic E-state index is -0.445. The summed E-state index contributed by atoms with van der Waals surface area (Å²) in [6.45, 7) is 0. The number of benzene rings is 1. The molecule has 0 aromatic heterocycles. The molecule has 0 heterocycles. The lowest BCUT2D eigenvalue weighted by molar-refractivity contribution is -0.135. The molecule has 18 heavy (non-hydrogen) atoms. The highest BCUT2D eigenvalue weighted by molar-refractivity contribution is 6.38. The van der Waals surface area contributed by atoms with E-state index >= 15 is 0 Å². The third-order valence-corrected chi connectivity index (χ3v) is 2.63. The quantitative estimate of drug-likeness (QED) is 0.562. The molecule has 0 saturated carbocycles. The van der Waals surface area contributed by atoms with Crippen molar-refractivity contribution >= 4 is 23.2 Å². The standard InChI is InChI=1S/C13H15ClO4/c1-17-12-4-3-9(8-13(12)18-2)7-11(16)10(15)5-6-14/h3-4,8H,5-7H2,1-2H3. The Kier molecular flexibility index (Phi) is 5.65. The van der Waals surface area contributed by atoms with Crippen LogP contribution >= 0.6 is 11.6 Å². The van der Waals surface area contributed by atoms with Gasteiger partial charge in [0.05, 0.1) is 14.2 Å². The highest BCUT2D eigenvalue weighted by Gasteiger charge is 2.14. The number of Topliss-reactive ketones (excluding diaryl/α,β-unsaturated/α-hetero) is 2. The van der Waals surface area contributed by atoms with Gasteiger partial charge in [0.2, 0.25) is 5.78 Å². The van der Waals surface area contributed by atoms with Crippen LogP contribution in [0, 0.1) is 0 Å². The summed E-state index contributed by atoms with van der Waals surface area (Å²) in [7, 11) is 3.05. The van der Waals surface area contributed by atoms with Crippen molar-refractivity contribution in [3.63, 3.8) is 0 Å². The van der Waals surface area contributed by atoms with Gasteiger partial charge in [-0.15, -0.1) is 11.6 Å². The van der Waals surface area contributed by atoms with Gasteiger partial charge in [-0.3, -0.25) is 9.59 Å². The number of rotatable bonds is 7. The predicted octanol–water partition coefficient (Wildman–Crippen LogP) is 2.01. The van der Waals surface area contributed by atoms with E-state index in [1.54, 1.807) is 18.2 Å². The van der Waals surface area contributed by atoms with Crippen LogP contribution in [0.4, 0.5) is 0 Å². The van der Waals surface area contributed by atoms with Gasteiger partial charge in [0.1, 0.15) is 0 Å². The third kappa shape index (κ3) is 3.74. The summed E-state index contributed by atoms with van der Waals surface area (Å²) in [6.07, 6.45) is 0.129. The fraction of sp³-hybridized carbons (Fsp3) is 0.385. The van der Waals surface area contributed by atoms with E-state index in [2.05, 4.69) is 0 Å². The molecule has 0 unspecified atom stereocenters. The highest BCUT2D eigenvalue weighted by Crippen LogP contribution is 2.27. The van der Waals surface area contributed by atoms with Crippen molar-refractivity contribution in [3.8, 4) is 11.5 Å². The summed E-state index contributed by atoms with van der Waals surface area (Å²) in [6, 6.07) is 5.12. The molecule has 0 bridgehead atoms. The van der Waals surface area contributed by atoms with E-state index in [9.17, 15) is 9.59 Å². The van der Waals surface area contributed by atoms with Crippen LogP contribution in [0.15, 0.2) is 18.2 Å². The molecule has 1 aromatic rings. The van der Waals surface area contributed by atoms with Crippen molar-refractivity contribution in [1.29, 1.82) is 0 Å². The van der Waals surface area contributed by atoms with E-state index < -0.39 is 11.6 Å². The summed E-state index contributed by atoms with van der Waals surface area (Å²) in [5.41, 5.74) is 0.709. The maximum atomic E-state index is 11.6. The number of carbonyl (C=O) groups excluding carboxylic acids is 2. The van der Waals surface area contributed by atoms with Crippen molar-refractivity contribution in [2.45, 2.75) is 12.8 Å². The molecule has 0 spiro atoms. The van der Waals surface area contributed by atoms with Crippen LogP contribution in [0.1, 0.15) is 12.0 Å². The molecule has 0 aliphatic rings. The second kappa shape index (κ2) is 7.01. The molecule has 0 fully saturated rings. The van der Waals surface area contributed by atoms with E-state index in [1.165, 1.54) is 14.2 Å². The van der Waals surface area contributed by atoms with E-state index in [1.807, 2.05) is 0 Å². The number of halogens is 1. The van der Waals surface area contributed by atoms with Gasteiger partial charge in [0.15, 0.2) is 17.3 Å². The summed E-state index contributed by atoms with van der Waals surface area (Å²) >= 11 is 5.42. The fourth-order valence-corrected chi connectivity index (χ4v) is 1.67. The molecule has 0 radical (unpaired) electrons. The molecule has 0 aliphatic heterocycles. The highest BCUT2D eigenvalue weighted by atomic mass is 35.5. The van der Waals surface area contributed by atoms with Crippen LogP contribution in [0.3, 0.4) is 0 Å². The Morgan fingerprint density at radius 1 is 1.11 bits per heavy atom. The number of hydrogen-bond acceptors (Lipinski definition) is 4. The first-order valence-corrected chi connectivity index (χ1v) is 5.98. The van der Waals surface area contributed by atoms with Crippen molar-refractivity contribution in [1.82, 2.24) is 0 Å². The third-order valence-electron chi connectivity index (χ3n) is 2.45. The smallest absolute Gasteiger partial charge is 0.202 e. The summed E-state index contributed by atoms with van der Waals surface area (Å²) in [5.74, 6) is 0.396. The monoisotopic (exact) mass is 270 g/mol. The Morgan fingerprint density at radius 3 is 2.33 bits per heavy atom. The number of alkyl halides is 1. The molecular weight excluding hydrogens is 256 g/mol. The number of methoxy groups -OCH3 is 2. The molecule has 4 nitrogen and oxygen atoms in total. The maximum Gasteiger partial charge on any atom is 0.202 e. The number of hydrogen-bond donors (Lipinski definition) is 0. The van der Waals surface area contributed by atoms with E-state index in [-0.39, 0.29) is 18.7 Å². The average Bonchev–Trinajstić information content (AvgIpc) is 2.38. The molecule has 98 valence electrons. The lowest BCUT2D eigenvalue weighted by Crippen LogP contribution is -2.16. The first kappa shape index (κ1) is 14.5. The van der Waals surface area contributed by atoms with Crippen LogP contribution in [0.2, 0.25) is 0 Å². The van der Waals surface area contributed by atoms with Crippen LogP contribution in [0.25, 0.3) is 0 Å². The number of carbonyl (C=O) groups is 2. The molecule has 0 saturated heterocycles. The lowest BCUT2D eigenvalue weighted by atomic mass is 10.0. The Labute approximate surface area is 111 Å². The minimum Gasteiger partial charge on any atom is -0.493 e. The van der Waals surface area contributed by atoms with Gasteiger partial charge in [0.25, 0.3) is 0 Å². The number of ketones is 2. The van der Waals surface area contributed by atoms with Gasteiger partial charge < -0.3 is 9.47 Å². The largest absolute Gasteiger partial charge is 0.493 e. The lowest BCUT2D eigenvalue weighted by Gasteiger charge is -2.08. The van der Waals surface area contributed by atoms with Crippen LogP contribution < -0.4 is 9.47 Å². The van der Waals surface area contributed by atoms with Crippen molar-refractivity contribution in [3.05, 3.63) is 23.8 Å². The topological polar surface area (TPSA) is 52.6 Å². The van der Waals surface area contributed by atoms with Gasteiger partial charge in [-0.05, 0) is 17.7 Å². The van der Waals surface area contributed by atoms with Crippen LogP contribution in [-0.4, -0.2) is 31.7 Å². The van der Waals surface area contributed by atoms with Gasteiger partial charge in [-0.2, -0.15) is 0 Å². The fourth-order valence-electron chi connectivity index (χ4n) is 1.50. The van der Waals surface area contributed by atoms with Gasteiger partial charge in [0, 0.05) is 18.7 Å². The van der Waals surface area contributed by atoms with Crippen molar-refractivity contribution in [2.75, 3.05) is 20.1 Å². The van der Waals surface area contributed by atoms with Crippen molar-refractivity contribution in [2.24, 2.45) is 0 Å². The zero-order valence-corrected chi connectivity index (χ0v) is 11.1. The number of ether oxygens (including phenoxy) is 2. The molecule has 1 rings (SSSR count). The van der Waals surface area contributed by atoms with Gasteiger partial charge in [-0.1, -0.05) is 6.07 Å². The van der Waals surface area contributed by atoms with Crippen molar-refractivity contribution < 1.29 is 19.1 Å². The molecule has 5 heteroatoms. The van der Waals surface area contributed by atoms with Gasteiger partial charge in [-0.25, -0.2) is 0 Å². The predicted molar refractivity (Wildman–Crippen MR) is 68.6 cm³/mol. The Morgan fingerprint density at radius 2 is 1.78 bits per heavy atom. The minimum absolute atomic E-state index is 0.0517. The average molecular weight is 271 g/mol. The van der Waals surface area contributed by atoms with E-state index in [0.717, 1.165) is 0 Å². The normalized spacial score (nSPS) is 9.94.